The zero-order chi connectivity index (χ0) is 20.5. The van der Waals surface area contributed by atoms with Crippen molar-refractivity contribution < 1.29 is 29.0 Å². The fourth-order valence-corrected chi connectivity index (χ4v) is 3.12. The fourth-order valence-electron chi connectivity index (χ4n) is 3.12. The monoisotopic (exact) mass is 391 g/mol. The molecule has 152 valence electrons. The summed E-state index contributed by atoms with van der Waals surface area (Å²) in [5.74, 6) is -1.93. The van der Waals surface area contributed by atoms with Crippen LogP contribution in [0.2, 0.25) is 0 Å². The Kier molecular flexibility index (Phi) is 7.94. The third-order valence-electron chi connectivity index (χ3n) is 4.60. The van der Waals surface area contributed by atoms with Crippen LogP contribution in [0.4, 0.5) is 4.79 Å². The summed E-state index contributed by atoms with van der Waals surface area (Å²) in [6.07, 6.45) is 0.919. The van der Waals surface area contributed by atoms with E-state index >= 15 is 0 Å². The molecule has 1 fully saturated rings. The van der Waals surface area contributed by atoms with Crippen molar-refractivity contribution in [1.82, 2.24) is 10.6 Å². The van der Waals surface area contributed by atoms with E-state index in [1.165, 1.54) is 0 Å². The van der Waals surface area contributed by atoms with Crippen molar-refractivity contribution in [3.63, 3.8) is 0 Å². The number of primary amides is 1. The molecule has 3 atom stereocenters. The van der Waals surface area contributed by atoms with Crippen LogP contribution in [0, 0.1) is 5.92 Å². The minimum absolute atomic E-state index is 0.000533. The van der Waals surface area contributed by atoms with Gasteiger partial charge >= 0.3 is 6.09 Å². The lowest BCUT2D eigenvalue weighted by molar-refractivity contribution is -0.132. The van der Waals surface area contributed by atoms with E-state index in [2.05, 4.69) is 10.6 Å². The molecule has 1 aliphatic carbocycles. The molecule has 5 N–H and O–H groups in total. The SMILES string of the molecule is NC(=O)[C@H](NC(=O)[C@H](CO)NC(=O)OCc1ccccc1)[C@H]1CCCC(=O)C1. The molecule has 1 aromatic carbocycles. The molecule has 0 heterocycles. The zero-order valence-electron chi connectivity index (χ0n) is 15.4. The largest absolute Gasteiger partial charge is 0.445 e. The van der Waals surface area contributed by atoms with E-state index < -0.39 is 42.5 Å². The van der Waals surface area contributed by atoms with Crippen molar-refractivity contribution >= 4 is 23.7 Å². The first-order valence-electron chi connectivity index (χ1n) is 9.10. The number of ether oxygens (including phenoxy) is 1. The summed E-state index contributed by atoms with van der Waals surface area (Å²) < 4.78 is 5.02. The average molecular weight is 391 g/mol. The number of nitrogens with one attached hydrogen (secondary N) is 2. The Hall–Kier alpha value is -2.94. The molecule has 1 saturated carbocycles. The highest BCUT2D eigenvalue weighted by atomic mass is 16.5. The molecule has 0 aliphatic heterocycles. The van der Waals surface area contributed by atoms with Crippen LogP contribution in [0.15, 0.2) is 30.3 Å². The topological polar surface area (TPSA) is 148 Å². The lowest BCUT2D eigenvalue weighted by Gasteiger charge is -2.29. The number of benzene rings is 1. The Bertz CT molecular complexity index is 709. The van der Waals surface area contributed by atoms with Crippen molar-refractivity contribution in [1.29, 1.82) is 0 Å². The van der Waals surface area contributed by atoms with Crippen LogP contribution < -0.4 is 16.4 Å². The van der Waals surface area contributed by atoms with Crippen molar-refractivity contribution in [3.8, 4) is 0 Å². The standard InChI is InChI=1S/C19H25N3O6/c20-17(25)16(13-7-4-8-14(24)9-13)22-18(26)15(10-23)21-19(27)28-11-12-5-2-1-3-6-12/h1-3,5-6,13,15-16,23H,4,7-11H2,(H2,20,25)(H,21,27)(H,22,26)/t13-,15-,16+/m0/s1. The summed E-state index contributed by atoms with van der Waals surface area (Å²) in [4.78, 5) is 47.7. The molecular weight excluding hydrogens is 366 g/mol. The number of ketones is 1. The number of aliphatic hydroxyl groups is 1. The van der Waals surface area contributed by atoms with Crippen LogP contribution in [0.1, 0.15) is 31.2 Å². The summed E-state index contributed by atoms with van der Waals surface area (Å²) in [6.45, 7) is -0.693. The summed E-state index contributed by atoms with van der Waals surface area (Å²) in [5.41, 5.74) is 6.14. The second-order valence-electron chi connectivity index (χ2n) is 6.72. The molecule has 9 nitrogen and oxygen atoms in total. The van der Waals surface area contributed by atoms with E-state index in [1.54, 1.807) is 24.3 Å². The number of carbonyl (C=O) groups excluding carboxylic acids is 4. The van der Waals surface area contributed by atoms with Gasteiger partial charge in [-0.15, -0.1) is 0 Å². The minimum atomic E-state index is -1.32. The van der Waals surface area contributed by atoms with Crippen LogP contribution >= 0.6 is 0 Å². The lowest BCUT2D eigenvalue weighted by atomic mass is 9.82. The molecule has 0 saturated heterocycles. The van der Waals surface area contributed by atoms with Gasteiger partial charge in [0, 0.05) is 12.8 Å². The molecule has 0 bridgehead atoms. The van der Waals surface area contributed by atoms with E-state index in [1.807, 2.05) is 6.07 Å². The number of Topliss-reactive ketones (excluding diaryl/α,β-unsaturated/α-hetero) is 1. The van der Waals surface area contributed by atoms with E-state index in [9.17, 15) is 24.3 Å². The summed E-state index contributed by atoms with van der Waals surface area (Å²) >= 11 is 0. The second kappa shape index (κ2) is 10.4. The van der Waals surface area contributed by atoms with Crippen LogP contribution in [-0.4, -0.2) is 47.5 Å². The molecule has 0 unspecified atom stereocenters. The maximum atomic E-state index is 12.4. The first-order chi connectivity index (χ1) is 13.4. The van der Waals surface area contributed by atoms with Gasteiger partial charge in [-0.1, -0.05) is 30.3 Å². The summed E-state index contributed by atoms with van der Waals surface area (Å²) in [5, 5.41) is 14.1. The quantitative estimate of drug-likeness (QED) is 0.490. The van der Waals surface area contributed by atoms with E-state index in [0.29, 0.717) is 19.3 Å². The third-order valence-corrected chi connectivity index (χ3v) is 4.60. The Labute approximate surface area is 162 Å². The smallest absolute Gasteiger partial charge is 0.408 e. The lowest BCUT2D eigenvalue weighted by Crippen LogP contribution is -2.56. The molecule has 3 amide bonds. The first kappa shape index (κ1) is 21.4. The van der Waals surface area contributed by atoms with Gasteiger partial charge in [0.05, 0.1) is 6.61 Å². The fraction of sp³-hybridized carbons (Fsp3) is 0.474. The van der Waals surface area contributed by atoms with Gasteiger partial charge in [0.1, 0.15) is 24.5 Å². The van der Waals surface area contributed by atoms with Gasteiger partial charge in [0.2, 0.25) is 11.8 Å². The third kappa shape index (κ3) is 6.34. The van der Waals surface area contributed by atoms with Crippen LogP contribution in [0.5, 0.6) is 0 Å². The van der Waals surface area contributed by atoms with Crippen LogP contribution in [0.25, 0.3) is 0 Å². The van der Waals surface area contributed by atoms with Crippen molar-refractivity contribution in [3.05, 3.63) is 35.9 Å². The second-order valence-corrected chi connectivity index (χ2v) is 6.72. The van der Waals surface area contributed by atoms with E-state index in [4.69, 9.17) is 10.5 Å². The summed E-state index contributed by atoms with van der Waals surface area (Å²) in [6, 6.07) is 6.59. The molecular formula is C19H25N3O6. The Balaban J connectivity index is 1.90. The predicted octanol–water partition coefficient (Wildman–Crippen LogP) is 0.00310. The molecule has 0 spiro atoms. The molecule has 1 aliphatic rings. The van der Waals surface area contributed by atoms with Gasteiger partial charge in [0.15, 0.2) is 0 Å². The molecule has 28 heavy (non-hydrogen) atoms. The predicted molar refractivity (Wildman–Crippen MR) is 98.7 cm³/mol. The molecule has 0 radical (unpaired) electrons. The Morgan fingerprint density at radius 2 is 1.93 bits per heavy atom. The summed E-state index contributed by atoms with van der Waals surface area (Å²) in [7, 11) is 0. The van der Waals surface area contributed by atoms with Gasteiger partial charge in [-0.2, -0.15) is 0 Å². The van der Waals surface area contributed by atoms with E-state index in [-0.39, 0.29) is 18.8 Å². The molecule has 2 rings (SSSR count). The highest BCUT2D eigenvalue weighted by molar-refractivity contribution is 5.91. The number of alkyl carbamates (subject to hydrolysis) is 1. The van der Waals surface area contributed by atoms with Crippen LogP contribution in [-0.2, 0) is 25.7 Å². The van der Waals surface area contributed by atoms with Gasteiger partial charge in [-0.05, 0) is 24.3 Å². The zero-order valence-corrected chi connectivity index (χ0v) is 15.4. The normalized spacial score (nSPS) is 18.6. The number of hydrogen-bond acceptors (Lipinski definition) is 6. The number of rotatable bonds is 8. The number of amides is 3. The van der Waals surface area contributed by atoms with Crippen LogP contribution in [0.3, 0.4) is 0 Å². The maximum absolute atomic E-state index is 12.4. The maximum Gasteiger partial charge on any atom is 0.408 e. The van der Waals surface area contributed by atoms with E-state index in [0.717, 1.165) is 5.56 Å². The van der Waals surface area contributed by atoms with Gasteiger partial charge in [-0.3, -0.25) is 14.4 Å². The first-order valence-corrected chi connectivity index (χ1v) is 9.10. The number of carbonyl (C=O) groups is 4. The minimum Gasteiger partial charge on any atom is -0.445 e. The number of hydrogen-bond donors (Lipinski definition) is 4. The van der Waals surface area contributed by atoms with Crippen molar-refractivity contribution in [2.75, 3.05) is 6.61 Å². The number of aliphatic hydroxyl groups excluding tert-OH is 1. The molecule has 1 aromatic rings. The van der Waals surface area contributed by atoms with Gasteiger partial charge in [-0.25, -0.2) is 4.79 Å². The number of nitrogens with two attached hydrogens (primary N) is 1. The molecule has 0 aromatic heterocycles. The van der Waals surface area contributed by atoms with Crippen molar-refractivity contribution in [2.24, 2.45) is 11.7 Å². The molecule has 9 heteroatoms. The highest BCUT2D eigenvalue weighted by Gasteiger charge is 2.34. The Morgan fingerprint density at radius 1 is 1.21 bits per heavy atom. The van der Waals surface area contributed by atoms with Crippen molar-refractivity contribution in [2.45, 2.75) is 44.4 Å². The van der Waals surface area contributed by atoms with Gasteiger partial charge in [0.25, 0.3) is 0 Å². The van der Waals surface area contributed by atoms with Gasteiger partial charge < -0.3 is 26.2 Å². The Morgan fingerprint density at radius 3 is 2.54 bits per heavy atom. The highest BCUT2D eigenvalue weighted by Crippen LogP contribution is 2.24. The average Bonchev–Trinajstić information content (AvgIpc) is 2.69.